The van der Waals surface area contributed by atoms with Crippen LogP contribution >= 0.6 is 7.82 Å². The van der Waals surface area contributed by atoms with Crippen molar-refractivity contribution in [3.8, 4) is 0 Å². The quantitative estimate of drug-likeness (QED) is 0.0243. The van der Waals surface area contributed by atoms with E-state index in [4.69, 9.17) is 9.05 Å². The van der Waals surface area contributed by atoms with E-state index in [9.17, 15) is 19.4 Å². The summed E-state index contributed by atoms with van der Waals surface area (Å²) >= 11 is 0. The zero-order chi connectivity index (χ0) is 44.3. The molecule has 0 fully saturated rings. The van der Waals surface area contributed by atoms with Gasteiger partial charge in [0.15, 0.2) is 0 Å². The van der Waals surface area contributed by atoms with Gasteiger partial charge in [0.25, 0.3) is 0 Å². The van der Waals surface area contributed by atoms with Gasteiger partial charge in [0, 0.05) is 6.42 Å². The molecule has 0 aromatic heterocycles. The summed E-state index contributed by atoms with van der Waals surface area (Å²) in [4.78, 5) is 23.1. The molecule has 0 aliphatic rings. The molecule has 8 nitrogen and oxygen atoms in total. The van der Waals surface area contributed by atoms with Crippen molar-refractivity contribution in [3.63, 3.8) is 0 Å². The summed E-state index contributed by atoms with van der Waals surface area (Å²) in [6, 6.07) is -0.839. The van der Waals surface area contributed by atoms with Gasteiger partial charge < -0.3 is 19.8 Å². The van der Waals surface area contributed by atoms with Gasteiger partial charge in [-0.25, -0.2) is 4.57 Å². The van der Waals surface area contributed by atoms with Crippen molar-refractivity contribution in [1.82, 2.24) is 5.32 Å². The molecule has 1 amide bonds. The number of phosphoric acid groups is 1. The molecule has 0 rings (SSSR count). The molecule has 9 heteroatoms. The van der Waals surface area contributed by atoms with Gasteiger partial charge in [-0.15, -0.1) is 0 Å². The number of aliphatic hydroxyl groups is 1. The van der Waals surface area contributed by atoms with E-state index < -0.39 is 20.0 Å². The summed E-state index contributed by atoms with van der Waals surface area (Å²) in [6.45, 7) is 4.82. The molecule has 0 spiro atoms. The fraction of sp³-hybridized carbons (Fsp3) is 0.941. The Labute approximate surface area is 373 Å². The summed E-state index contributed by atoms with van der Waals surface area (Å²) in [5.74, 6) is -0.178. The number of nitrogens with one attached hydrogen (secondary N) is 1. The average molecular weight is 872 g/mol. The van der Waals surface area contributed by atoms with E-state index in [1.807, 2.05) is 27.2 Å². The van der Waals surface area contributed by atoms with Crippen LogP contribution in [0.3, 0.4) is 0 Å². The smallest absolute Gasteiger partial charge is 0.387 e. The van der Waals surface area contributed by atoms with Gasteiger partial charge in [-0.3, -0.25) is 13.8 Å². The molecule has 0 saturated carbocycles. The first-order valence-corrected chi connectivity index (χ1v) is 27.6. The topological polar surface area (TPSA) is 105 Å². The minimum atomic E-state index is -4.33. The van der Waals surface area contributed by atoms with Crippen molar-refractivity contribution >= 4 is 13.7 Å². The van der Waals surface area contributed by atoms with E-state index in [-0.39, 0.29) is 19.1 Å². The van der Waals surface area contributed by atoms with Crippen molar-refractivity contribution in [1.29, 1.82) is 0 Å². The maximum absolute atomic E-state index is 12.8. The molecule has 0 saturated heterocycles. The lowest BCUT2D eigenvalue weighted by Gasteiger charge is -2.25. The fourth-order valence-corrected chi connectivity index (χ4v) is 8.60. The second-order valence-electron chi connectivity index (χ2n) is 19.3. The van der Waals surface area contributed by atoms with Crippen LogP contribution in [-0.2, 0) is 18.4 Å². The number of aliphatic hydroxyl groups excluding tert-OH is 1. The Morgan fingerprint density at radius 2 is 0.883 bits per heavy atom. The molecule has 3 atom stereocenters. The van der Waals surface area contributed by atoms with Crippen LogP contribution in [0.15, 0.2) is 12.2 Å². The number of quaternary nitrogens is 1. The molecule has 0 bridgehead atoms. The third-order valence-corrected chi connectivity index (χ3v) is 13.0. The number of nitrogens with zero attached hydrogens (tertiary/aromatic N) is 1. The average Bonchev–Trinajstić information content (AvgIpc) is 3.20. The van der Waals surface area contributed by atoms with Crippen molar-refractivity contribution in [3.05, 3.63) is 12.2 Å². The Balaban J connectivity index is 4.04. The molecule has 0 radical (unpaired) electrons. The van der Waals surface area contributed by atoms with Crippen molar-refractivity contribution < 1.29 is 32.9 Å². The molecular weight excluding hydrogens is 768 g/mol. The van der Waals surface area contributed by atoms with Crippen LogP contribution in [0.2, 0.25) is 0 Å². The highest BCUT2D eigenvalue weighted by Crippen LogP contribution is 2.43. The van der Waals surface area contributed by atoms with Gasteiger partial charge in [0.1, 0.15) is 13.2 Å². The Kier molecular flexibility index (Phi) is 42.9. The van der Waals surface area contributed by atoms with Crippen molar-refractivity contribution in [2.24, 2.45) is 0 Å². The number of unbranched alkanes of at least 4 members (excludes halogenated alkanes) is 35. The summed E-state index contributed by atoms with van der Waals surface area (Å²) in [5, 5.41) is 13.8. The third kappa shape index (κ3) is 45.3. The maximum Gasteiger partial charge on any atom is 0.472 e. The first-order chi connectivity index (χ1) is 29.0. The number of carbonyl (C=O) groups is 1. The highest BCUT2D eigenvalue weighted by atomic mass is 31.2. The van der Waals surface area contributed by atoms with Gasteiger partial charge in [-0.05, 0) is 19.3 Å². The van der Waals surface area contributed by atoms with Crippen LogP contribution in [0.1, 0.15) is 258 Å². The number of carbonyl (C=O) groups excluding carboxylic acids is 1. The minimum absolute atomic E-state index is 0.0645. The zero-order valence-corrected chi connectivity index (χ0v) is 41.6. The fourth-order valence-electron chi connectivity index (χ4n) is 7.87. The Morgan fingerprint density at radius 1 is 0.550 bits per heavy atom. The van der Waals surface area contributed by atoms with Crippen LogP contribution in [0, 0.1) is 0 Å². The van der Waals surface area contributed by atoms with Crippen LogP contribution in [0.4, 0.5) is 0 Å². The largest absolute Gasteiger partial charge is 0.472 e. The number of phosphoric ester groups is 1. The Hall–Kier alpha value is -0.760. The van der Waals surface area contributed by atoms with E-state index in [1.165, 1.54) is 205 Å². The number of allylic oxidation sites excluding steroid dienone is 1. The van der Waals surface area contributed by atoms with Crippen LogP contribution in [-0.4, -0.2) is 73.4 Å². The highest BCUT2D eigenvalue weighted by Gasteiger charge is 2.27. The number of rotatable bonds is 48. The van der Waals surface area contributed by atoms with Crippen molar-refractivity contribution in [2.75, 3.05) is 40.9 Å². The molecule has 0 aromatic rings. The third-order valence-electron chi connectivity index (χ3n) is 12.0. The lowest BCUT2D eigenvalue weighted by atomic mass is 10.0. The summed E-state index contributed by atoms with van der Waals surface area (Å²) in [7, 11) is 1.58. The number of amides is 1. The van der Waals surface area contributed by atoms with E-state index in [1.54, 1.807) is 6.08 Å². The standard InChI is InChI=1S/C51H103N2O6P/c1-6-8-10-12-14-16-17-18-19-20-21-22-23-24-25-26-27-28-29-30-31-32-33-34-35-37-38-40-42-44-50(54)49(48-59-60(56,57)58-47-46-53(3,4)5)52-51(55)45-43-41-39-36-15-13-11-9-7-2/h42,44,49-50,54H,6-41,43,45-48H2,1-5H3,(H-,52,55,56,57)/p+1/b44-42+. The second-order valence-corrected chi connectivity index (χ2v) is 20.7. The molecule has 0 aromatic carbocycles. The SMILES string of the molecule is CCCCCCCCCCCCCCCCCCCCCCCCCCCCC/C=C/C(O)C(COP(=O)(O)OCC[N+](C)(C)C)NC(=O)CCCCCCCCCCC. The van der Waals surface area contributed by atoms with Gasteiger partial charge in [0.05, 0.1) is 39.9 Å². The van der Waals surface area contributed by atoms with Crippen LogP contribution in [0.25, 0.3) is 0 Å². The highest BCUT2D eigenvalue weighted by molar-refractivity contribution is 7.47. The number of hydrogen-bond donors (Lipinski definition) is 3. The van der Waals surface area contributed by atoms with E-state index in [0.717, 1.165) is 32.1 Å². The minimum Gasteiger partial charge on any atom is -0.387 e. The van der Waals surface area contributed by atoms with Crippen molar-refractivity contribution in [2.45, 2.75) is 270 Å². The lowest BCUT2D eigenvalue weighted by Crippen LogP contribution is -2.45. The first-order valence-electron chi connectivity index (χ1n) is 26.1. The van der Waals surface area contributed by atoms with Gasteiger partial charge in [0.2, 0.25) is 5.91 Å². The molecule has 60 heavy (non-hydrogen) atoms. The number of likely N-dealkylation sites (N-methyl/N-ethyl adjacent to an activating group) is 1. The van der Waals surface area contributed by atoms with Gasteiger partial charge in [-0.1, -0.05) is 244 Å². The van der Waals surface area contributed by atoms with E-state index in [2.05, 4.69) is 19.2 Å². The van der Waals surface area contributed by atoms with E-state index >= 15 is 0 Å². The monoisotopic (exact) mass is 872 g/mol. The Morgan fingerprint density at radius 3 is 1.23 bits per heavy atom. The molecule has 358 valence electrons. The van der Waals surface area contributed by atoms with Crippen LogP contribution < -0.4 is 5.32 Å². The second kappa shape index (κ2) is 43.5. The number of hydrogen-bond acceptors (Lipinski definition) is 5. The predicted molar refractivity (Wildman–Crippen MR) is 259 cm³/mol. The lowest BCUT2D eigenvalue weighted by molar-refractivity contribution is -0.870. The van der Waals surface area contributed by atoms with Gasteiger partial charge in [-0.2, -0.15) is 0 Å². The normalized spacial score (nSPS) is 14.2. The molecule has 3 unspecified atom stereocenters. The summed E-state index contributed by atoms with van der Waals surface area (Å²) in [6.07, 6.45) is 51.8. The van der Waals surface area contributed by atoms with E-state index in [0.29, 0.717) is 17.4 Å². The molecule has 0 heterocycles. The zero-order valence-electron chi connectivity index (χ0n) is 40.7. The maximum atomic E-state index is 12.8. The molecule has 3 N–H and O–H groups in total. The molecule has 0 aliphatic heterocycles. The van der Waals surface area contributed by atoms with Crippen LogP contribution in [0.5, 0.6) is 0 Å². The molecular formula is C51H104N2O6P+. The summed E-state index contributed by atoms with van der Waals surface area (Å²) in [5.41, 5.74) is 0. The Bertz CT molecular complexity index is 989. The van der Waals surface area contributed by atoms with Gasteiger partial charge >= 0.3 is 7.82 Å². The summed E-state index contributed by atoms with van der Waals surface area (Å²) < 4.78 is 23.6. The first kappa shape index (κ1) is 59.2. The molecule has 0 aliphatic carbocycles. The predicted octanol–water partition coefficient (Wildman–Crippen LogP) is 15.1.